The monoisotopic (exact) mass is 288 g/mol. The van der Waals surface area contributed by atoms with Crippen LogP contribution in [0.1, 0.15) is 33.9 Å². The normalized spacial score (nSPS) is 12.3. The van der Waals surface area contributed by atoms with Gasteiger partial charge in [0.05, 0.1) is 13.2 Å². The smallest absolute Gasteiger partial charge is 0.165 e. The van der Waals surface area contributed by atoms with Crippen LogP contribution in [0.15, 0.2) is 30.3 Å². The Morgan fingerprint density at radius 3 is 2.33 bits per heavy atom. The summed E-state index contributed by atoms with van der Waals surface area (Å²) in [5, 5.41) is 10.4. The van der Waals surface area contributed by atoms with Crippen LogP contribution < -0.4 is 4.74 Å². The van der Waals surface area contributed by atoms with E-state index in [0.717, 1.165) is 22.3 Å². The molecule has 0 heterocycles. The summed E-state index contributed by atoms with van der Waals surface area (Å²) in [6.07, 6.45) is -0.262. The largest absolute Gasteiger partial charge is 0.494 e. The van der Waals surface area contributed by atoms with E-state index in [1.807, 2.05) is 19.9 Å². The van der Waals surface area contributed by atoms with Crippen molar-refractivity contribution in [1.82, 2.24) is 0 Å². The van der Waals surface area contributed by atoms with Crippen LogP contribution in [0.4, 0.5) is 4.39 Å². The van der Waals surface area contributed by atoms with E-state index in [0.29, 0.717) is 6.42 Å². The molecule has 1 atom stereocenters. The van der Waals surface area contributed by atoms with E-state index in [9.17, 15) is 9.50 Å². The number of benzene rings is 2. The summed E-state index contributed by atoms with van der Waals surface area (Å²) >= 11 is 0. The minimum atomic E-state index is -0.642. The zero-order valence-electron chi connectivity index (χ0n) is 12.9. The van der Waals surface area contributed by atoms with Crippen LogP contribution in [-0.2, 0) is 6.42 Å². The Morgan fingerprint density at radius 1 is 1.05 bits per heavy atom. The molecule has 0 amide bonds. The molecule has 0 fully saturated rings. The summed E-state index contributed by atoms with van der Waals surface area (Å²) < 4.78 is 18.6. The number of aliphatic hydroxyl groups is 1. The van der Waals surface area contributed by atoms with Crippen LogP contribution in [-0.4, -0.2) is 12.2 Å². The molecule has 2 rings (SSSR count). The van der Waals surface area contributed by atoms with Gasteiger partial charge < -0.3 is 9.84 Å². The van der Waals surface area contributed by atoms with Gasteiger partial charge in [0.25, 0.3) is 0 Å². The van der Waals surface area contributed by atoms with Gasteiger partial charge in [0.1, 0.15) is 0 Å². The maximum Gasteiger partial charge on any atom is 0.165 e. The van der Waals surface area contributed by atoms with Crippen molar-refractivity contribution >= 4 is 0 Å². The maximum atomic E-state index is 13.7. The van der Waals surface area contributed by atoms with Crippen molar-refractivity contribution in [2.24, 2.45) is 0 Å². The molecule has 0 saturated carbocycles. The fourth-order valence-electron chi connectivity index (χ4n) is 2.51. The van der Waals surface area contributed by atoms with Crippen LogP contribution >= 0.6 is 0 Å². The third-order valence-corrected chi connectivity index (χ3v) is 3.89. The van der Waals surface area contributed by atoms with Crippen LogP contribution in [0.3, 0.4) is 0 Å². The molecule has 112 valence electrons. The standard InChI is InChI=1S/C18H21FO2/c1-11-7-13(3)15(8-12(11)2)17(20)10-14-5-6-18(21-4)16(19)9-14/h5-9,17,20H,10H2,1-4H3. The highest BCUT2D eigenvalue weighted by Crippen LogP contribution is 2.26. The van der Waals surface area contributed by atoms with Gasteiger partial charge in [-0.3, -0.25) is 0 Å². The highest BCUT2D eigenvalue weighted by molar-refractivity contribution is 5.38. The molecular formula is C18H21FO2. The summed E-state index contributed by atoms with van der Waals surface area (Å²) in [7, 11) is 1.44. The van der Waals surface area contributed by atoms with Crippen molar-refractivity contribution in [2.45, 2.75) is 33.3 Å². The van der Waals surface area contributed by atoms with Crippen LogP contribution in [0, 0.1) is 26.6 Å². The van der Waals surface area contributed by atoms with E-state index in [4.69, 9.17) is 4.74 Å². The number of ether oxygens (including phenoxy) is 1. The molecule has 1 N–H and O–H groups in total. The summed E-state index contributed by atoms with van der Waals surface area (Å²) in [6.45, 7) is 6.06. The quantitative estimate of drug-likeness (QED) is 0.920. The summed E-state index contributed by atoms with van der Waals surface area (Å²) in [5.41, 5.74) is 5.06. The first-order chi connectivity index (χ1) is 9.92. The Hall–Kier alpha value is -1.87. The topological polar surface area (TPSA) is 29.5 Å². The predicted molar refractivity (Wildman–Crippen MR) is 82.3 cm³/mol. The fraction of sp³-hybridized carbons (Fsp3) is 0.333. The lowest BCUT2D eigenvalue weighted by atomic mass is 9.94. The Morgan fingerprint density at radius 2 is 1.71 bits per heavy atom. The van der Waals surface area contributed by atoms with Crippen molar-refractivity contribution in [2.75, 3.05) is 7.11 Å². The molecule has 0 radical (unpaired) electrons. The van der Waals surface area contributed by atoms with Crippen LogP contribution in [0.5, 0.6) is 5.75 Å². The molecule has 2 aromatic carbocycles. The molecular weight excluding hydrogens is 267 g/mol. The third-order valence-electron chi connectivity index (χ3n) is 3.89. The molecule has 2 aromatic rings. The fourth-order valence-corrected chi connectivity index (χ4v) is 2.51. The number of aliphatic hydroxyl groups excluding tert-OH is 1. The summed E-state index contributed by atoms with van der Waals surface area (Å²) in [5.74, 6) is -0.186. The number of halogens is 1. The number of methoxy groups -OCH3 is 1. The van der Waals surface area contributed by atoms with Crippen molar-refractivity contribution in [3.05, 3.63) is 64.0 Å². The zero-order valence-corrected chi connectivity index (χ0v) is 12.9. The zero-order chi connectivity index (χ0) is 15.6. The van der Waals surface area contributed by atoms with E-state index in [1.165, 1.54) is 18.7 Å². The molecule has 2 nitrogen and oxygen atoms in total. The van der Waals surface area contributed by atoms with Crippen molar-refractivity contribution in [3.8, 4) is 5.75 Å². The van der Waals surface area contributed by atoms with E-state index >= 15 is 0 Å². The highest BCUT2D eigenvalue weighted by atomic mass is 19.1. The van der Waals surface area contributed by atoms with Gasteiger partial charge in [0, 0.05) is 6.42 Å². The van der Waals surface area contributed by atoms with Gasteiger partial charge in [-0.25, -0.2) is 4.39 Å². The molecule has 0 aliphatic carbocycles. The second kappa shape index (κ2) is 6.27. The molecule has 0 aliphatic rings. The number of aryl methyl sites for hydroxylation is 3. The molecule has 0 spiro atoms. The van der Waals surface area contributed by atoms with Crippen molar-refractivity contribution in [1.29, 1.82) is 0 Å². The molecule has 21 heavy (non-hydrogen) atoms. The van der Waals surface area contributed by atoms with Gasteiger partial charge in [-0.1, -0.05) is 18.2 Å². The molecule has 1 unspecified atom stereocenters. The third kappa shape index (κ3) is 3.42. The lowest BCUT2D eigenvalue weighted by Crippen LogP contribution is -2.05. The molecule has 3 heteroatoms. The van der Waals surface area contributed by atoms with E-state index < -0.39 is 11.9 Å². The van der Waals surface area contributed by atoms with Crippen LogP contribution in [0.25, 0.3) is 0 Å². The minimum Gasteiger partial charge on any atom is -0.494 e. The first kappa shape index (κ1) is 15.5. The Labute approximate surface area is 125 Å². The summed E-state index contributed by atoms with van der Waals surface area (Å²) in [6, 6.07) is 8.86. The van der Waals surface area contributed by atoms with Gasteiger partial charge in [-0.2, -0.15) is 0 Å². The Balaban J connectivity index is 2.23. The van der Waals surface area contributed by atoms with E-state index in [1.54, 1.807) is 12.1 Å². The van der Waals surface area contributed by atoms with E-state index in [2.05, 4.69) is 13.0 Å². The molecule has 0 saturated heterocycles. The SMILES string of the molecule is COc1ccc(CC(O)c2cc(C)c(C)cc2C)cc1F. The number of hydrogen-bond acceptors (Lipinski definition) is 2. The van der Waals surface area contributed by atoms with Gasteiger partial charge >= 0.3 is 0 Å². The Kier molecular flexibility index (Phi) is 4.63. The average Bonchev–Trinajstić information content (AvgIpc) is 2.43. The first-order valence-electron chi connectivity index (χ1n) is 7.00. The Bertz CT molecular complexity index is 650. The van der Waals surface area contributed by atoms with Crippen molar-refractivity contribution in [3.63, 3.8) is 0 Å². The second-order valence-corrected chi connectivity index (χ2v) is 5.48. The van der Waals surface area contributed by atoms with Gasteiger partial charge in [0.2, 0.25) is 0 Å². The van der Waals surface area contributed by atoms with E-state index in [-0.39, 0.29) is 5.75 Å². The summed E-state index contributed by atoms with van der Waals surface area (Å²) in [4.78, 5) is 0. The average molecular weight is 288 g/mol. The second-order valence-electron chi connectivity index (χ2n) is 5.48. The molecule has 0 aromatic heterocycles. The predicted octanol–water partition coefficient (Wildman–Crippen LogP) is 4.04. The maximum absolute atomic E-state index is 13.7. The van der Waals surface area contributed by atoms with Crippen LogP contribution in [0.2, 0.25) is 0 Å². The van der Waals surface area contributed by atoms with Gasteiger partial charge in [-0.05, 0) is 60.7 Å². The molecule has 0 aliphatic heterocycles. The van der Waals surface area contributed by atoms with Gasteiger partial charge in [-0.15, -0.1) is 0 Å². The number of hydrogen-bond donors (Lipinski definition) is 1. The lowest BCUT2D eigenvalue weighted by molar-refractivity contribution is 0.177. The van der Waals surface area contributed by atoms with Gasteiger partial charge in [0.15, 0.2) is 11.6 Å². The van der Waals surface area contributed by atoms with Crippen molar-refractivity contribution < 1.29 is 14.2 Å². The molecule has 0 bridgehead atoms. The number of rotatable bonds is 4. The lowest BCUT2D eigenvalue weighted by Gasteiger charge is -2.16. The first-order valence-corrected chi connectivity index (χ1v) is 7.00. The minimum absolute atomic E-state index is 0.218. The highest BCUT2D eigenvalue weighted by Gasteiger charge is 2.14.